The van der Waals surface area contributed by atoms with Gasteiger partial charge in [0, 0.05) is 24.7 Å². The van der Waals surface area contributed by atoms with Gasteiger partial charge in [-0.3, -0.25) is 4.79 Å². The molecule has 0 spiro atoms. The Balaban J connectivity index is 2.32. The Morgan fingerprint density at radius 3 is 2.52 bits per heavy atom. The van der Waals surface area contributed by atoms with E-state index in [1.54, 1.807) is 19.9 Å². The third-order valence-corrected chi connectivity index (χ3v) is 5.63. The molecule has 1 saturated heterocycles. The molecular formula is C14H21N3O3S. The largest absolute Gasteiger partial charge is 0.398 e. The third-order valence-electron chi connectivity index (χ3n) is 3.82. The second kappa shape index (κ2) is 5.65. The number of amides is 1. The van der Waals surface area contributed by atoms with Gasteiger partial charge in [-0.2, -0.15) is 0 Å². The number of nitrogens with two attached hydrogens (primary N) is 1. The maximum absolute atomic E-state index is 12.6. The number of carbonyl (C=O) groups is 1. The predicted molar refractivity (Wildman–Crippen MR) is 81.4 cm³/mol. The van der Waals surface area contributed by atoms with Gasteiger partial charge in [-0.25, -0.2) is 13.1 Å². The van der Waals surface area contributed by atoms with Crippen molar-refractivity contribution in [1.82, 2.24) is 10.0 Å². The molecule has 116 valence electrons. The Labute approximate surface area is 125 Å². The molecule has 1 aromatic carbocycles. The minimum atomic E-state index is -3.66. The van der Waals surface area contributed by atoms with Crippen molar-refractivity contribution in [1.29, 1.82) is 0 Å². The molecule has 1 aromatic rings. The number of rotatable bonds is 3. The fraction of sp³-hybridized carbons (Fsp3) is 0.500. The van der Waals surface area contributed by atoms with Crippen molar-refractivity contribution < 1.29 is 13.2 Å². The highest BCUT2D eigenvalue weighted by atomic mass is 32.2. The highest BCUT2D eigenvalue weighted by Crippen LogP contribution is 2.28. The number of piperidine rings is 1. The molecule has 0 saturated carbocycles. The van der Waals surface area contributed by atoms with Crippen LogP contribution in [0.1, 0.15) is 29.5 Å². The highest BCUT2D eigenvalue weighted by molar-refractivity contribution is 7.89. The molecule has 1 unspecified atom stereocenters. The lowest BCUT2D eigenvalue weighted by atomic mass is 10.1. The molecule has 2 rings (SSSR count). The molecular weight excluding hydrogens is 290 g/mol. The number of hydrogen-bond acceptors (Lipinski definition) is 4. The van der Waals surface area contributed by atoms with Gasteiger partial charge in [0.15, 0.2) is 0 Å². The highest BCUT2D eigenvalue weighted by Gasteiger charge is 2.27. The lowest BCUT2D eigenvalue weighted by Gasteiger charge is -2.24. The average Bonchev–Trinajstić information content (AvgIpc) is 2.38. The zero-order chi connectivity index (χ0) is 15.8. The van der Waals surface area contributed by atoms with Crippen LogP contribution in [0.3, 0.4) is 0 Å². The second-order valence-electron chi connectivity index (χ2n) is 5.54. The smallest absolute Gasteiger partial charge is 0.241 e. The number of hydrogen-bond donors (Lipinski definition) is 3. The molecule has 0 bridgehead atoms. The lowest BCUT2D eigenvalue weighted by Crippen LogP contribution is -2.47. The molecule has 0 aliphatic carbocycles. The van der Waals surface area contributed by atoms with E-state index in [-0.39, 0.29) is 16.8 Å². The summed E-state index contributed by atoms with van der Waals surface area (Å²) in [6.07, 6.45) is 0.839. The van der Waals surface area contributed by atoms with Crippen molar-refractivity contribution in [3.05, 3.63) is 22.8 Å². The van der Waals surface area contributed by atoms with Gasteiger partial charge in [0.25, 0.3) is 0 Å². The van der Waals surface area contributed by atoms with E-state index in [4.69, 9.17) is 5.73 Å². The number of anilines is 1. The molecule has 1 atom stereocenters. The van der Waals surface area contributed by atoms with E-state index in [1.807, 2.05) is 6.92 Å². The summed E-state index contributed by atoms with van der Waals surface area (Å²) in [5, 5.41) is 2.67. The van der Waals surface area contributed by atoms with E-state index in [0.29, 0.717) is 36.2 Å². The number of nitrogens with one attached hydrogen (secondary N) is 2. The summed E-state index contributed by atoms with van der Waals surface area (Å²) < 4.78 is 27.9. The summed E-state index contributed by atoms with van der Waals surface area (Å²) in [6.45, 7) is 5.65. The molecule has 1 amide bonds. The van der Waals surface area contributed by atoms with Crippen LogP contribution in [0.4, 0.5) is 5.69 Å². The Morgan fingerprint density at radius 1 is 1.29 bits per heavy atom. The summed E-state index contributed by atoms with van der Waals surface area (Å²) >= 11 is 0. The molecule has 1 heterocycles. The van der Waals surface area contributed by atoms with E-state index in [9.17, 15) is 13.2 Å². The number of benzene rings is 1. The molecule has 0 aromatic heterocycles. The van der Waals surface area contributed by atoms with Crippen LogP contribution in [0.15, 0.2) is 11.0 Å². The number of aryl methyl sites for hydroxylation is 2. The predicted octanol–water partition coefficient (Wildman–Crippen LogP) is 0.751. The van der Waals surface area contributed by atoms with Crippen molar-refractivity contribution in [3.8, 4) is 0 Å². The number of nitrogen functional groups attached to an aromatic ring is 1. The summed E-state index contributed by atoms with van der Waals surface area (Å²) in [4.78, 5) is 11.4. The first-order valence-corrected chi connectivity index (χ1v) is 8.36. The maximum atomic E-state index is 12.6. The molecule has 1 aliphatic heterocycles. The second-order valence-corrected chi connectivity index (χ2v) is 7.19. The van der Waals surface area contributed by atoms with Crippen LogP contribution in [-0.4, -0.2) is 26.9 Å². The first-order valence-electron chi connectivity index (χ1n) is 6.87. The first-order chi connectivity index (χ1) is 9.72. The summed E-state index contributed by atoms with van der Waals surface area (Å²) in [5.41, 5.74) is 8.56. The number of sulfonamides is 1. The van der Waals surface area contributed by atoms with Gasteiger partial charge in [-0.15, -0.1) is 0 Å². The fourth-order valence-electron chi connectivity index (χ4n) is 2.71. The van der Waals surface area contributed by atoms with E-state index < -0.39 is 10.0 Å². The standard InChI is InChI=1S/C14H21N3O3S/c1-8-6-9(2)14(10(3)13(8)15)21(19,20)17-11-4-5-12(18)16-7-11/h6,11,17H,4-5,7,15H2,1-3H3,(H,16,18). The van der Waals surface area contributed by atoms with Crippen molar-refractivity contribution in [2.24, 2.45) is 0 Å². The van der Waals surface area contributed by atoms with Crippen LogP contribution >= 0.6 is 0 Å². The Bertz CT molecular complexity index is 673. The fourth-order valence-corrected chi connectivity index (χ4v) is 4.46. The SMILES string of the molecule is Cc1cc(C)c(S(=O)(=O)NC2CCC(=O)NC2)c(C)c1N. The summed E-state index contributed by atoms with van der Waals surface area (Å²) in [6, 6.07) is 1.49. The number of carbonyl (C=O) groups excluding carboxylic acids is 1. The quantitative estimate of drug-likeness (QED) is 0.717. The lowest BCUT2D eigenvalue weighted by molar-refractivity contribution is -0.122. The van der Waals surface area contributed by atoms with Crippen LogP contribution in [-0.2, 0) is 14.8 Å². The van der Waals surface area contributed by atoms with Crippen molar-refractivity contribution in [3.63, 3.8) is 0 Å². The first kappa shape index (κ1) is 15.8. The Hall–Kier alpha value is -1.60. The molecule has 21 heavy (non-hydrogen) atoms. The Morgan fingerprint density at radius 2 is 1.95 bits per heavy atom. The van der Waals surface area contributed by atoms with Gasteiger partial charge >= 0.3 is 0 Å². The molecule has 7 heteroatoms. The topological polar surface area (TPSA) is 101 Å². The van der Waals surface area contributed by atoms with Crippen molar-refractivity contribution in [2.45, 2.75) is 44.6 Å². The van der Waals surface area contributed by atoms with Crippen LogP contribution < -0.4 is 15.8 Å². The minimum absolute atomic E-state index is 0.0441. The van der Waals surface area contributed by atoms with Gasteiger partial charge in [0.1, 0.15) is 0 Å². The van der Waals surface area contributed by atoms with Gasteiger partial charge in [-0.05, 0) is 43.9 Å². The van der Waals surface area contributed by atoms with E-state index >= 15 is 0 Å². The van der Waals surface area contributed by atoms with Crippen LogP contribution in [0.5, 0.6) is 0 Å². The van der Waals surface area contributed by atoms with Gasteiger partial charge in [0.2, 0.25) is 15.9 Å². The van der Waals surface area contributed by atoms with Gasteiger partial charge in [-0.1, -0.05) is 6.07 Å². The molecule has 1 aliphatic rings. The van der Waals surface area contributed by atoms with Crippen molar-refractivity contribution >= 4 is 21.6 Å². The summed E-state index contributed by atoms with van der Waals surface area (Å²) in [5.74, 6) is -0.0441. The van der Waals surface area contributed by atoms with E-state index in [1.165, 1.54) is 0 Å². The van der Waals surface area contributed by atoms with E-state index in [0.717, 1.165) is 5.56 Å². The van der Waals surface area contributed by atoms with Crippen LogP contribution in [0.2, 0.25) is 0 Å². The van der Waals surface area contributed by atoms with Crippen LogP contribution in [0, 0.1) is 20.8 Å². The molecule has 4 N–H and O–H groups in total. The third kappa shape index (κ3) is 3.19. The van der Waals surface area contributed by atoms with Gasteiger partial charge < -0.3 is 11.1 Å². The monoisotopic (exact) mass is 311 g/mol. The zero-order valence-corrected chi connectivity index (χ0v) is 13.3. The summed E-state index contributed by atoms with van der Waals surface area (Å²) in [7, 11) is -3.66. The van der Waals surface area contributed by atoms with E-state index in [2.05, 4.69) is 10.0 Å². The molecule has 6 nitrogen and oxygen atoms in total. The Kier molecular flexibility index (Phi) is 4.25. The van der Waals surface area contributed by atoms with Crippen LogP contribution in [0.25, 0.3) is 0 Å². The minimum Gasteiger partial charge on any atom is -0.398 e. The molecule has 1 fully saturated rings. The average molecular weight is 311 g/mol. The zero-order valence-electron chi connectivity index (χ0n) is 12.5. The van der Waals surface area contributed by atoms with Crippen molar-refractivity contribution in [2.75, 3.05) is 12.3 Å². The normalized spacial score (nSPS) is 19.4. The maximum Gasteiger partial charge on any atom is 0.241 e. The van der Waals surface area contributed by atoms with Gasteiger partial charge in [0.05, 0.1) is 4.90 Å². The molecule has 0 radical (unpaired) electrons.